The van der Waals surface area contributed by atoms with Crippen LogP contribution in [0.5, 0.6) is 0 Å². The van der Waals surface area contributed by atoms with Crippen molar-refractivity contribution in [3.05, 3.63) is 18.2 Å². The van der Waals surface area contributed by atoms with E-state index in [1.165, 1.54) is 0 Å². The molecular weight excluding hydrogens is 204 g/mol. The van der Waals surface area contributed by atoms with E-state index in [0.29, 0.717) is 0 Å². The number of rotatable bonds is 6. The molecule has 0 aromatic carbocycles. The summed E-state index contributed by atoms with van der Waals surface area (Å²) in [6, 6.07) is 0. The number of imidazole rings is 1. The molecule has 0 spiro atoms. The molecule has 90 valence electrons. The molecule has 0 fully saturated rings. The van der Waals surface area contributed by atoms with Crippen molar-refractivity contribution in [1.82, 2.24) is 9.55 Å². The number of hydrogen-bond acceptors (Lipinski definition) is 2. The van der Waals surface area contributed by atoms with Crippen molar-refractivity contribution in [2.45, 2.75) is 46.6 Å². The molecule has 1 aromatic rings. The van der Waals surface area contributed by atoms with E-state index in [2.05, 4.69) is 9.55 Å². The zero-order chi connectivity index (χ0) is 12.2. The van der Waals surface area contributed by atoms with Crippen molar-refractivity contribution < 1.29 is 9.90 Å². The maximum atomic E-state index is 10.9. The third kappa shape index (κ3) is 3.36. The molecule has 0 aliphatic carbocycles. The van der Waals surface area contributed by atoms with Gasteiger partial charge in [-0.2, -0.15) is 0 Å². The highest BCUT2D eigenvalue weighted by Crippen LogP contribution is 2.23. The summed E-state index contributed by atoms with van der Waals surface area (Å²) in [6.45, 7) is 6.44. The number of carbonyl (C=O) groups is 1. The lowest BCUT2D eigenvalue weighted by Crippen LogP contribution is -2.23. The van der Waals surface area contributed by atoms with Crippen LogP contribution in [-0.2, 0) is 11.3 Å². The summed E-state index contributed by atoms with van der Waals surface area (Å²) >= 11 is 0. The molecule has 1 N–H and O–H groups in total. The third-order valence-corrected chi connectivity index (χ3v) is 2.95. The zero-order valence-electron chi connectivity index (χ0n) is 10.2. The molecule has 0 saturated carbocycles. The Bertz CT molecular complexity index is 356. The van der Waals surface area contributed by atoms with Gasteiger partial charge in [-0.3, -0.25) is 4.79 Å². The summed E-state index contributed by atoms with van der Waals surface area (Å²) in [5, 5.41) is 8.95. The van der Waals surface area contributed by atoms with Crippen LogP contribution in [0.3, 0.4) is 0 Å². The van der Waals surface area contributed by atoms with E-state index in [1.54, 1.807) is 20.0 Å². The molecule has 16 heavy (non-hydrogen) atoms. The number of carboxylic acids is 1. The number of hydrogen-bond donors (Lipinski definition) is 1. The normalized spacial score (nSPS) is 11.7. The van der Waals surface area contributed by atoms with E-state index in [1.807, 2.05) is 13.1 Å². The molecule has 0 unspecified atom stereocenters. The largest absolute Gasteiger partial charge is 0.481 e. The van der Waals surface area contributed by atoms with Crippen LogP contribution in [0.4, 0.5) is 0 Å². The van der Waals surface area contributed by atoms with Crippen LogP contribution in [0.15, 0.2) is 12.4 Å². The Morgan fingerprint density at radius 2 is 2.19 bits per heavy atom. The average molecular weight is 224 g/mol. The predicted octanol–water partition coefficient (Wildman–Crippen LogP) is 2.47. The molecule has 0 aliphatic rings. The number of nitrogens with zero attached hydrogens (tertiary/aromatic N) is 2. The minimum atomic E-state index is -0.716. The molecule has 0 aliphatic heterocycles. The second-order valence-electron chi connectivity index (χ2n) is 4.81. The van der Waals surface area contributed by atoms with Crippen molar-refractivity contribution in [3.8, 4) is 0 Å². The highest BCUT2D eigenvalue weighted by atomic mass is 16.4. The predicted molar refractivity (Wildman–Crippen MR) is 62.2 cm³/mol. The third-order valence-electron chi connectivity index (χ3n) is 2.95. The molecule has 4 nitrogen and oxygen atoms in total. The lowest BCUT2D eigenvalue weighted by molar-refractivity contribution is -0.147. The molecule has 0 saturated heterocycles. The lowest BCUT2D eigenvalue weighted by Gasteiger charge is -2.18. The Balaban J connectivity index is 2.27. The van der Waals surface area contributed by atoms with Crippen molar-refractivity contribution in [3.63, 3.8) is 0 Å². The van der Waals surface area contributed by atoms with Crippen molar-refractivity contribution >= 4 is 5.97 Å². The summed E-state index contributed by atoms with van der Waals surface area (Å²) in [4.78, 5) is 15.0. The first-order valence-corrected chi connectivity index (χ1v) is 5.64. The topological polar surface area (TPSA) is 55.1 Å². The first-order valence-electron chi connectivity index (χ1n) is 5.64. The van der Waals surface area contributed by atoms with Crippen molar-refractivity contribution in [2.75, 3.05) is 0 Å². The molecule has 4 heteroatoms. The van der Waals surface area contributed by atoms with Gasteiger partial charge >= 0.3 is 5.97 Å². The SMILES string of the molecule is Cc1nccn1CCCCC(C)(C)C(=O)O. The van der Waals surface area contributed by atoms with Crippen LogP contribution >= 0.6 is 0 Å². The fourth-order valence-corrected chi connectivity index (χ4v) is 1.60. The number of aryl methyl sites for hydroxylation is 2. The van der Waals surface area contributed by atoms with Gasteiger partial charge in [0.25, 0.3) is 0 Å². The molecule has 0 amide bonds. The Morgan fingerprint density at radius 1 is 1.50 bits per heavy atom. The van der Waals surface area contributed by atoms with Crippen molar-refractivity contribution in [1.29, 1.82) is 0 Å². The van der Waals surface area contributed by atoms with Gasteiger partial charge in [-0.1, -0.05) is 6.42 Å². The van der Waals surface area contributed by atoms with E-state index < -0.39 is 11.4 Å². The maximum absolute atomic E-state index is 10.9. The van der Waals surface area contributed by atoms with Gasteiger partial charge in [-0.25, -0.2) is 4.98 Å². The first kappa shape index (κ1) is 12.7. The minimum Gasteiger partial charge on any atom is -0.481 e. The summed E-state index contributed by atoms with van der Waals surface area (Å²) in [5.41, 5.74) is -0.607. The molecule has 1 heterocycles. The summed E-state index contributed by atoms with van der Waals surface area (Å²) < 4.78 is 2.09. The summed E-state index contributed by atoms with van der Waals surface area (Å²) in [7, 11) is 0. The van der Waals surface area contributed by atoms with Gasteiger partial charge in [0, 0.05) is 18.9 Å². The van der Waals surface area contributed by atoms with Gasteiger partial charge in [0.2, 0.25) is 0 Å². The number of aliphatic carboxylic acids is 1. The highest BCUT2D eigenvalue weighted by molar-refractivity contribution is 5.73. The maximum Gasteiger partial charge on any atom is 0.309 e. The van der Waals surface area contributed by atoms with Gasteiger partial charge in [0.05, 0.1) is 5.41 Å². The fourth-order valence-electron chi connectivity index (χ4n) is 1.60. The lowest BCUT2D eigenvalue weighted by atomic mass is 9.87. The monoisotopic (exact) mass is 224 g/mol. The standard InChI is InChI=1S/C12H20N2O2/c1-10-13-7-9-14(10)8-5-4-6-12(2,3)11(15)16/h7,9H,4-6,8H2,1-3H3,(H,15,16). The van der Waals surface area contributed by atoms with Crippen LogP contribution < -0.4 is 0 Å². The Morgan fingerprint density at radius 3 is 2.69 bits per heavy atom. The van der Waals surface area contributed by atoms with E-state index in [0.717, 1.165) is 31.6 Å². The van der Waals surface area contributed by atoms with Crippen LogP contribution in [-0.4, -0.2) is 20.6 Å². The Hall–Kier alpha value is -1.32. The van der Waals surface area contributed by atoms with Crippen LogP contribution in [0.25, 0.3) is 0 Å². The molecule has 1 aromatic heterocycles. The summed E-state index contributed by atoms with van der Waals surface area (Å²) in [6.07, 6.45) is 6.38. The average Bonchev–Trinajstić information content (AvgIpc) is 2.59. The van der Waals surface area contributed by atoms with E-state index in [-0.39, 0.29) is 0 Å². The first-order chi connectivity index (χ1) is 7.43. The van der Waals surface area contributed by atoms with Crippen molar-refractivity contribution in [2.24, 2.45) is 5.41 Å². The second kappa shape index (κ2) is 5.14. The smallest absolute Gasteiger partial charge is 0.309 e. The molecule has 0 atom stereocenters. The van der Waals surface area contributed by atoms with Gasteiger partial charge < -0.3 is 9.67 Å². The summed E-state index contributed by atoms with van der Waals surface area (Å²) in [5.74, 6) is 0.295. The molecule has 0 bridgehead atoms. The number of unbranched alkanes of at least 4 members (excludes halogenated alkanes) is 1. The number of aromatic nitrogens is 2. The van der Waals surface area contributed by atoms with Crippen LogP contribution in [0.2, 0.25) is 0 Å². The second-order valence-corrected chi connectivity index (χ2v) is 4.81. The number of carboxylic acid groups (broad SMARTS) is 1. The van der Waals surface area contributed by atoms with Gasteiger partial charge in [-0.15, -0.1) is 0 Å². The Kier molecular flexibility index (Phi) is 4.10. The van der Waals surface area contributed by atoms with Gasteiger partial charge in [0.1, 0.15) is 5.82 Å². The van der Waals surface area contributed by atoms with Crippen LogP contribution in [0.1, 0.15) is 38.9 Å². The van der Waals surface area contributed by atoms with E-state index in [4.69, 9.17) is 5.11 Å². The quantitative estimate of drug-likeness (QED) is 0.755. The van der Waals surface area contributed by atoms with E-state index in [9.17, 15) is 4.79 Å². The van der Waals surface area contributed by atoms with Gasteiger partial charge in [0.15, 0.2) is 0 Å². The minimum absolute atomic E-state index is 0.607. The van der Waals surface area contributed by atoms with Gasteiger partial charge in [-0.05, 0) is 33.6 Å². The van der Waals surface area contributed by atoms with E-state index >= 15 is 0 Å². The molecule has 1 rings (SSSR count). The zero-order valence-corrected chi connectivity index (χ0v) is 10.2. The fraction of sp³-hybridized carbons (Fsp3) is 0.667. The molecular formula is C12H20N2O2. The molecule has 0 radical (unpaired) electrons. The highest BCUT2D eigenvalue weighted by Gasteiger charge is 2.25. The van der Waals surface area contributed by atoms with Crippen LogP contribution in [0, 0.1) is 12.3 Å². The Labute approximate surface area is 96.3 Å².